The number of hydrogen-bond donors (Lipinski definition) is 1. The first-order valence-electron chi connectivity index (χ1n) is 16.6. The van der Waals surface area contributed by atoms with Gasteiger partial charge in [-0.1, -0.05) is 6.07 Å². The number of nitrogens with zero attached hydrogens (tertiary/aromatic N) is 8. The van der Waals surface area contributed by atoms with E-state index in [0.717, 1.165) is 94.0 Å². The molecule has 14 heteroatoms. The summed E-state index contributed by atoms with van der Waals surface area (Å²) in [6.07, 6.45) is -2.03. The first-order valence-corrected chi connectivity index (χ1v) is 17.5. The number of carbonyl (C=O) groups excluding carboxylic acids is 1. The fraction of sp³-hybridized carbons (Fsp3) is 0.529. The lowest BCUT2D eigenvalue weighted by atomic mass is 10.0. The number of aryl methyl sites for hydroxylation is 1. The molecule has 3 aromatic heterocycles. The summed E-state index contributed by atoms with van der Waals surface area (Å²) in [4.78, 5) is 30.4. The lowest BCUT2D eigenvalue weighted by molar-refractivity contribution is -0.126. The van der Waals surface area contributed by atoms with Gasteiger partial charge in [0.25, 0.3) is 0 Å². The van der Waals surface area contributed by atoms with Crippen LogP contribution in [-0.2, 0) is 19.5 Å². The van der Waals surface area contributed by atoms with Gasteiger partial charge in [0.2, 0.25) is 0 Å². The molecule has 3 aliphatic heterocycles. The van der Waals surface area contributed by atoms with E-state index in [1.165, 1.54) is 17.5 Å². The molecule has 4 aromatic rings. The van der Waals surface area contributed by atoms with Crippen LogP contribution >= 0.6 is 11.3 Å². The van der Waals surface area contributed by atoms with Crippen molar-refractivity contribution in [1.29, 1.82) is 5.26 Å². The Morgan fingerprint density at radius 2 is 1.75 bits per heavy atom. The second-order valence-corrected chi connectivity index (χ2v) is 14.4. The number of fused-ring (bicyclic) bond motifs is 2. The van der Waals surface area contributed by atoms with Crippen LogP contribution in [0, 0.1) is 18.3 Å². The number of hydrogen-bond acceptors (Lipinski definition) is 8. The number of likely N-dealkylation sites (tertiary alicyclic amines) is 1. The van der Waals surface area contributed by atoms with Gasteiger partial charge >= 0.3 is 12.2 Å². The van der Waals surface area contributed by atoms with Crippen molar-refractivity contribution in [2.24, 2.45) is 0 Å². The summed E-state index contributed by atoms with van der Waals surface area (Å²) in [7, 11) is 0. The average molecular weight is 680 g/mol. The number of piperazine rings is 1. The molecule has 0 saturated carbocycles. The summed E-state index contributed by atoms with van der Waals surface area (Å²) in [6.45, 7) is 12.5. The predicted octanol–water partition coefficient (Wildman–Crippen LogP) is 5.45. The number of aromatic nitrogens is 3. The number of halogens is 3. The number of benzene rings is 1. The third-order valence-corrected chi connectivity index (χ3v) is 11.1. The number of alkyl halides is 3. The van der Waals surface area contributed by atoms with Gasteiger partial charge in [-0.05, 0) is 56.0 Å². The molecule has 0 spiro atoms. The molecule has 254 valence electrons. The molecule has 1 unspecified atom stereocenters. The highest BCUT2D eigenvalue weighted by Crippen LogP contribution is 2.34. The maximum Gasteiger partial charge on any atom is 0.393 e. The van der Waals surface area contributed by atoms with E-state index in [0.29, 0.717) is 28.3 Å². The molecular weight excluding hydrogens is 639 g/mol. The minimum absolute atomic E-state index is 0.156. The Bertz CT molecular complexity index is 1840. The molecule has 2 amide bonds. The maximum absolute atomic E-state index is 13.0. The van der Waals surface area contributed by atoms with Crippen LogP contribution in [0.25, 0.3) is 21.1 Å². The Balaban J connectivity index is 0.967. The minimum Gasteiger partial charge on any atom is -0.367 e. The van der Waals surface area contributed by atoms with E-state index in [4.69, 9.17) is 0 Å². The summed E-state index contributed by atoms with van der Waals surface area (Å²) < 4.78 is 41.0. The number of rotatable bonds is 8. The SMILES string of the molecule is Cc1c(CN2CCC(Nc3ncnc4sc(CC(F)(F)F)cc34)CC2)ccc2c1cc(C#N)n2CC(C)N1CCN(C(=O)N2CC2)CC1. The molecule has 3 aliphatic rings. The van der Waals surface area contributed by atoms with Crippen molar-refractivity contribution in [3.63, 3.8) is 0 Å². The van der Waals surface area contributed by atoms with E-state index in [1.54, 1.807) is 6.07 Å². The van der Waals surface area contributed by atoms with Crippen molar-refractivity contribution < 1.29 is 18.0 Å². The largest absolute Gasteiger partial charge is 0.393 e. The highest BCUT2D eigenvalue weighted by molar-refractivity contribution is 7.18. The van der Waals surface area contributed by atoms with Gasteiger partial charge < -0.3 is 19.7 Å². The fourth-order valence-electron chi connectivity index (χ4n) is 7.13. The molecule has 6 heterocycles. The fourth-order valence-corrected chi connectivity index (χ4v) is 8.16. The van der Waals surface area contributed by atoms with Gasteiger partial charge in [0, 0.05) is 93.3 Å². The minimum atomic E-state index is -4.26. The lowest BCUT2D eigenvalue weighted by Gasteiger charge is -2.38. The predicted molar refractivity (Wildman–Crippen MR) is 180 cm³/mol. The Morgan fingerprint density at radius 3 is 2.42 bits per heavy atom. The van der Waals surface area contributed by atoms with Gasteiger partial charge in [0.05, 0.1) is 11.8 Å². The monoisotopic (exact) mass is 679 g/mol. The van der Waals surface area contributed by atoms with Crippen LogP contribution in [0.5, 0.6) is 0 Å². The van der Waals surface area contributed by atoms with Crippen LogP contribution in [-0.4, -0.2) is 111 Å². The summed E-state index contributed by atoms with van der Waals surface area (Å²) in [5.74, 6) is 0.598. The molecule has 10 nitrogen and oxygen atoms in total. The van der Waals surface area contributed by atoms with E-state index < -0.39 is 12.6 Å². The second kappa shape index (κ2) is 13.2. The van der Waals surface area contributed by atoms with Gasteiger partial charge in [0.15, 0.2) is 0 Å². The maximum atomic E-state index is 13.0. The summed E-state index contributed by atoms with van der Waals surface area (Å²) in [6, 6.07) is 10.9. The Morgan fingerprint density at radius 1 is 1.04 bits per heavy atom. The number of urea groups is 1. The summed E-state index contributed by atoms with van der Waals surface area (Å²) in [5.41, 5.74) is 4.16. The zero-order chi connectivity index (χ0) is 33.6. The third kappa shape index (κ3) is 6.95. The van der Waals surface area contributed by atoms with Gasteiger partial charge in [-0.25, -0.2) is 14.8 Å². The van der Waals surface area contributed by atoms with Crippen LogP contribution in [0.1, 0.15) is 41.5 Å². The molecule has 3 fully saturated rings. The number of carbonyl (C=O) groups is 1. The molecule has 7 rings (SSSR count). The van der Waals surface area contributed by atoms with Crippen molar-refractivity contribution in [2.45, 2.75) is 64.5 Å². The molecule has 1 atom stereocenters. The Labute approximate surface area is 281 Å². The van der Waals surface area contributed by atoms with E-state index in [1.807, 2.05) is 15.9 Å². The van der Waals surface area contributed by atoms with Gasteiger partial charge in [-0.3, -0.25) is 9.80 Å². The van der Waals surface area contributed by atoms with Crippen LogP contribution in [0.3, 0.4) is 0 Å². The average Bonchev–Trinajstić information content (AvgIpc) is 3.74. The Hall–Kier alpha value is -3.93. The number of nitriles is 1. The smallest absolute Gasteiger partial charge is 0.367 e. The molecule has 48 heavy (non-hydrogen) atoms. The number of thiophene rings is 1. The number of piperidine rings is 1. The van der Waals surface area contributed by atoms with Crippen LogP contribution < -0.4 is 5.32 Å². The number of nitrogens with one attached hydrogen (secondary N) is 1. The standard InChI is InChI=1S/C34H40F3N9OS/c1-22(43-9-11-44(12-10-43)33(47)45-13-14-45)19-46-26(18-38)15-28-23(2)24(3-4-30(28)46)20-42-7-5-25(6-8-42)41-31-29-16-27(17-34(35,36)37)48-32(29)40-21-39-31/h3-4,15-16,21-22,25H,5-14,17,19-20H2,1-2H3,(H,39,40,41). The molecule has 0 radical (unpaired) electrons. The molecule has 1 N–H and O–H groups in total. The highest BCUT2D eigenvalue weighted by Gasteiger charge is 2.32. The lowest BCUT2D eigenvalue weighted by Crippen LogP contribution is -2.53. The first-order chi connectivity index (χ1) is 23.1. The number of anilines is 1. The van der Waals surface area contributed by atoms with E-state index in [2.05, 4.69) is 61.7 Å². The highest BCUT2D eigenvalue weighted by atomic mass is 32.1. The van der Waals surface area contributed by atoms with E-state index in [-0.39, 0.29) is 23.0 Å². The van der Waals surface area contributed by atoms with Crippen molar-refractivity contribution in [3.05, 3.63) is 52.3 Å². The quantitative estimate of drug-likeness (QED) is 0.248. The van der Waals surface area contributed by atoms with E-state index in [9.17, 15) is 23.2 Å². The number of amides is 2. The van der Waals surface area contributed by atoms with Crippen molar-refractivity contribution in [2.75, 3.05) is 57.7 Å². The second-order valence-electron chi connectivity index (χ2n) is 13.3. The summed E-state index contributed by atoms with van der Waals surface area (Å²) >= 11 is 1.07. The molecular formula is C34H40F3N9OS. The topological polar surface area (TPSA) is 96.3 Å². The zero-order valence-corrected chi connectivity index (χ0v) is 28.1. The first kappa shape index (κ1) is 32.6. The van der Waals surface area contributed by atoms with Crippen LogP contribution in [0.4, 0.5) is 23.8 Å². The van der Waals surface area contributed by atoms with Crippen LogP contribution in [0.2, 0.25) is 0 Å². The van der Waals surface area contributed by atoms with Gasteiger partial charge in [-0.2, -0.15) is 18.4 Å². The zero-order valence-electron chi connectivity index (χ0n) is 27.3. The van der Waals surface area contributed by atoms with Crippen LogP contribution in [0.15, 0.2) is 30.6 Å². The normalized spacial score (nSPS) is 18.8. The van der Waals surface area contributed by atoms with Gasteiger partial charge in [0.1, 0.15) is 28.7 Å². The molecule has 1 aromatic carbocycles. The van der Waals surface area contributed by atoms with Gasteiger partial charge in [-0.15, -0.1) is 11.3 Å². The molecule has 3 saturated heterocycles. The molecule has 0 aliphatic carbocycles. The van der Waals surface area contributed by atoms with E-state index >= 15 is 0 Å². The van der Waals surface area contributed by atoms with Crippen molar-refractivity contribution >= 4 is 44.3 Å². The molecule has 0 bridgehead atoms. The third-order valence-electron chi connectivity index (χ3n) is 10.0. The summed E-state index contributed by atoms with van der Waals surface area (Å²) in [5, 5.41) is 15.3. The Kier molecular flexibility index (Phi) is 8.95. The van der Waals surface area contributed by atoms with Crippen molar-refractivity contribution in [1.82, 2.24) is 34.1 Å². The van der Waals surface area contributed by atoms with Crippen molar-refractivity contribution in [3.8, 4) is 6.07 Å².